The standard InChI is InChI=1S/C12H11ClN4O3/c1-20-12(19)10-11(7-2-4-8(13)5-3-7)17(16-15-10)6-9(14)18/h2-5H,6H2,1H3,(H2,14,18). The molecular weight excluding hydrogens is 284 g/mol. The van der Waals surface area contributed by atoms with Crippen molar-refractivity contribution in [2.45, 2.75) is 6.54 Å². The number of ether oxygens (including phenoxy) is 1. The molecule has 0 aliphatic heterocycles. The first kappa shape index (κ1) is 14.0. The van der Waals surface area contributed by atoms with Crippen molar-refractivity contribution in [3.05, 3.63) is 35.0 Å². The van der Waals surface area contributed by atoms with Crippen LogP contribution in [-0.2, 0) is 16.1 Å². The summed E-state index contributed by atoms with van der Waals surface area (Å²) in [5.74, 6) is -1.24. The average molecular weight is 295 g/mol. The molecule has 0 radical (unpaired) electrons. The zero-order chi connectivity index (χ0) is 14.7. The molecule has 8 heteroatoms. The first-order valence-corrected chi connectivity index (χ1v) is 5.96. The Morgan fingerprint density at radius 3 is 2.55 bits per heavy atom. The molecule has 0 aliphatic rings. The van der Waals surface area contributed by atoms with Gasteiger partial charge in [-0.2, -0.15) is 0 Å². The van der Waals surface area contributed by atoms with Crippen LogP contribution >= 0.6 is 11.6 Å². The number of hydrogen-bond donors (Lipinski definition) is 1. The smallest absolute Gasteiger partial charge is 0.360 e. The van der Waals surface area contributed by atoms with E-state index < -0.39 is 11.9 Å². The molecule has 1 aromatic carbocycles. The van der Waals surface area contributed by atoms with Crippen molar-refractivity contribution in [1.82, 2.24) is 15.0 Å². The van der Waals surface area contributed by atoms with Gasteiger partial charge in [0.2, 0.25) is 5.91 Å². The first-order chi connectivity index (χ1) is 9.52. The zero-order valence-corrected chi connectivity index (χ0v) is 11.3. The van der Waals surface area contributed by atoms with Crippen LogP contribution in [-0.4, -0.2) is 34.0 Å². The van der Waals surface area contributed by atoms with Gasteiger partial charge >= 0.3 is 5.97 Å². The van der Waals surface area contributed by atoms with E-state index in [4.69, 9.17) is 17.3 Å². The van der Waals surface area contributed by atoms with E-state index in [2.05, 4.69) is 15.0 Å². The van der Waals surface area contributed by atoms with Crippen LogP contribution < -0.4 is 5.73 Å². The number of nitrogens with two attached hydrogens (primary N) is 1. The van der Waals surface area contributed by atoms with E-state index in [9.17, 15) is 9.59 Å². The fraction of sp³-hybridized carbons (Fsp3) is 0.167. The van der Waals surface area contributed by atoms with Crippen LogP contribution in [0, 0.1) is 0 Å². The number of esters is 1. The van der Waals surface area contributed by atoms with Gasteiger partial charge in [-0.05, 0) is 12.1 Å². The molecule has 2 N–H and O–H groups in total. The van der Waals surface area contributed by atoms with Gasteiger partial charge in [-0.1, -0.05) is 28.9 Å². The molecule has 0 aliphatic carbocycles. The molecule has 1 aromatic heterocycles. The maximum atomic E-state index is 11.7. The molecule has 0 spiro atoms. The Hall–Kier alpha value is -2.41. The highest BCUT2D eigenvalue weighted by Gasteiger charge is 2.22. The molecule has 2 aromatic rings. The third-order valence-corrected chi connectivity index (χ3v) is 2.79. The van der Waals surface area contributed by atoms with Crippen molar-refractivity contribution >= 4 is 23.5 Å². The van der Waals surface area contributed by atoms with Crippen LogP contribution in [0.15, 0.2) is 24.3 Å². The van der Waals surface area contributed by atoms with Gasteiger partial charge in [-0.25, -0.2) is 9.48 Å². The third-order valence-electron chi connectivity index (χ3n) is 2.54. The summed E-state index contributed by atoms with van der Waals surface area (Å²) < 4.78 is 5.89. The quantitative estimate of drug-likeness (QED) is 0.843. The Morgan fingerprint density at radius 1 is 1.35 bits per heavy atom. The SMILES string of the molecule is COC(=O)c1nnn(CC(N)=O)c1-c1ccc(Cl)cc1. The molecule has 0 atom stereocenters. The highest BCUT2D eigenvalue weighted by Crippen LogP contribution is 2.24. The average Bonchev–Trinajstić information content (AvgIpc) is 2.81. The lowest BCUT2D eigenvalue weighted by Gasteiger charge is -2.06. The number of methoxy groups -OCH3 is 1. The minimum absolute atomic E-state index is 0.0103. The Balaban J connectivity index is 2.56. The van der Waals surface area contributed by atoms with Crippen molar-refractivity contribution in [3.63, 3.8) is 0 Å². The normalized spacial score (nSPS) is 10.3. The number of carbonyl (C=O) groups excluding carboxylic acids is 2. The van der Waals surface area contributed by atoms with E-state index >= 15 is 0 Å². The number of aromatic nitrogens is 3. The lowest BCUT2D eigenvalue weighted by molar-refractivity contribution is -0.118. The van der Waals surface area contributed by atoms with Gasteiger partial charge in [-0.3, -0.25) is 4.79 Å². The van der Waals surface area contributed by atoms with Crippen LogP contribution in [0.25, 0.3) is 11.3 Å². The summed E-state index contributed by atoms with van der Waals surface area (Å²) in [4.78, 5) is 22.7. The second kappa shape index (κ2) is 5.70. The number of halogens is 1. The molecule has 20 heavy (non-hydrogen) atoms. The molecule has 1 amide bonds. The summed E-state index contributed by atoms with van der Waals surface area (Å²) in [6, 6.07) is 6.68. The van der Waals surface area contributed by atoms with Gasteiger partial charge in [0.15, 0.2) is 5.69 Å². The second-order valence-corrected chi connectivity index (χ2v) is 4.35. The van der Waals surface area contributed by atoms with Crippen molar-refractivity contribution in [1.29, 1.82) is 0 Å². The summed E-state index contributed by atoms with van der Waals surface area (Å²) in [7, 11) is 1.24. The summed E-state index contributed by atoms with van der Waals surface area (Å²) in [6.07, 6.45) is 0. The zero-order valence-electron chi connectivity index (χ0n) is 10.5. The fourth-order valence-corrected chi connectivity index (χ4v) is 1.82. The van der Waals surface area contributed by atoms with Crippen molar-refractivity contribution < 1.29 is 14.3 Å². The van der Waals surface area contributed by atoms with E-state index in [1.165, 1.54) is 11.8 Å². The lowest BCUT2D eigenvalue weighted by Crippen LogP contribution is -2.20. The number of hydrogen-bond acceptors (Lipinski definition) is 5. The second-order valence-electron chi connectivity index (χ2n) is 3.91. The van der Waals surface area contributed by atoms with Crippen LogP contribution in [0.5, 0.6) is 0 Å². The van der Waals surface area contributed by atoms with Gasteiger partial charge in [0.1, 0.15) is 12.2 Å². The molecule has 104 valence electrons. The monoisotopic (exact) mass is 294 g/mol. The van der Waals surface area contributed by atoms with Gasteiger partial charge < -0.3 is 10.5 Å². The minimum Gasteiger partial charge on any atom is -0.464 e. The molecule has 0 fully saturated rings. The molecule has 7 nitrogen and oxygen atoms in total. The molecule has 1 heterocycles. The number of amides is 1. The van der Waals surface area contributed by atoms with E-state index in [-0.39, 0.29) is 12.2 Å². The number of nitrogens with zero attached hydrogens (tertiary/aromatic N) is 3. The topological polar surface area (TPSA) is 100 Å². The molecule has 0 bridgehead atoms. The lowest BCUT2D eigenvalue weighted by atomic mass is 10.1. The summed E-state index contributed by atoms with van der Waals surface area (Å²) in [5, 5.41) is 8.04. The molecular formula is C12H11ClN4O3. The van der Waals surface area contributed by atoms with Gasteiger partial charge in [0.05, 0.1) is 7.11 Å². The van der Waals surface area contributed by atoms with Crippen LogP contribution in [0.2, 0.25) is 5.02 Å². The summed E-state index contributed by atoms with van der Waals surface area (Å²) in [5.41, 5.74) is 6.14. The number of benzene rings is 1. The van der Waals surface area contributed by atoms with Gasteiger partial charge in [-0.15, -0.1) is 5.10 Å². The van der Waals surface area contributed by atoms with Gasteiger partial charge in [0.25, 0.3) is 0 Å². The Labute approximate surface area is 119 Å². The highest BCUT2D eigenvalue weighted by atomic mass is 35.5. The van der Waals surface area contributed by atoms with E-state index in [1.54, 1.807) is 24.3 Å². The van der Waals surface area contributed by atoms with Crippen molar-refractivity contribution in [2.24, 2.45) is 5.73 Å². The highest BCUT2D eigenvalue weighted by molar-refractivity contribution is 6.30. The van der Waals surface area contributed by atoms with Gasteiger partial charge in [0, 0.05) is 10.6 Å². The first-order valence-electron chi connectivity index (χ1n) is 5.59. The number of rotatable bonds is 4. The number of primary amides is 1. The predicted molar refractivity (Wildman–Crippen MR) is 71.0 cm³/mol. The van der Waals surface area contributed by atoms with Crippen molar-refractivity contribution in [2.75, 3.05) is 7.11 Å². The minimum atomic E-state index is -0.648. The molecule has 0 saturated heterocycles. The summed E-state index contributed by atoms with van der Waals surface area (Å²) in [6.45, 7) is -0.193. The Bertz CT molecular complexity index is 651. The largest absolute Gasteiger partial charge is 0.464 e. The molecule has 0 saturated carbocycles. The molecule has 2 rings (SSSR count). The fourth-order valence-electron chi connectivity index (χ4n) is 1.70. The van der Waals surface area contributed by atoms with E-state index in [0.717, 1.165) is 0 Å². The maximum absolute atomic E-state index is 11.7. The summed E-state index contributed by atoms with van der Waals surface area (Å²) >= 11 is 5.82. The van der Waals surface area contributed by atoms with Crippen LogP contribution in [0.1, 0.15) is 10.5 Å². The van der Waals surface area contributed by atoms with Crippen molar-refractivity contribution in [3.8, 4) is 11.3 Å². The van der Waals surface area contributed by atoms with Crippen LogP contribution in [0.4, 0.5) is 0 Å². The maximum Gasteiger partial charge on any atom is 0.360 e. The Kier molecular flexibility index (Phi) is 3.99. The van der Waals surface area contributed by atoms with E-state index in [0.29, 0.717) is 16.3 Å². The predicted octanol–water partition coefficient (Wildman–Crippen LogP) is 0.870. The number of carbonyl (C=O) groups is 2. The van der Waals surface area contributed by atoms with Crippen LogP contribution in [0.3, 0.4) is 0 Å². The Morgan fingerprint density at radius 2 is 2.00 bits per heavy atom. The van der Waals surface area contributed by atoms with E-state index in [1.807, 2.05) is 0 Å². The molecule has 0 unspecified atom stereocenters. The third kappa shape index (κ3) is 2.77.